The van der Waals surface area contributed by atoms with E-state index in [9.17, 15) is 8.92 Å². The third-order valence-electron chi connectivity index (χ3n) is 8.15. The molecule has 2 aliphatic rings. The van der Waals surface area contributed by atoms with Crippen molar-refractivity contribution in [1.29, 1.82) is 0 Å². The summed E-state index contributed by atoms with van der Waals surface area (Å²) >= 11 is 0. The van der Waals surface area contributed by atoms with Crippen molar-refractivity contribution in [3.05, 3.63) is 88.5 Å². The zero-order valence-electron chi connectivity index (χ0n) is 24.3. The van der Waals surface area contributed by atoms with Crippen molar-refractivity contribution in [3.63, 3.8) is 0 Å². The number of halogens is 2. The van der Waals surface area contributed by atoms with Gasteiger partial charge in [-0.15, -0.1) is 0 Å². The van der Waals surface area contributed by atoms with E-state index in [0.29, 0.717) is 13.0 Å². The first kappa shape index (κ1) is 29.1. The van der Waals surface area contributed by atoms with Gasteiger partial charge in [-0.2, -0.15) is 0 Å². The highest BCUT2D eigenvalue weighted by atomic mass is 19.3. The fourth-order valence-corrected chi connectivity index (χ4v) is 6.08. The number of hydrogen-bond acceptors (Lipinski definition) is 4. The summed E-state index contributed by atoms with van der Waals surface area (Å²) in [6.45, 7) is 7.25. The molecule has 1 atom stereocenters. The van der Waals surface area contributed by atoms with E-state index in [-0.39, 0.29) is 18.5 Å². The highest BCUT2D eigenvalue weighted by Crippen LogP contribution is 2.42. The van der Waals surface area contributed by atoms with Gasteiger partial charge in [0.2, 0.25) is 0 Å². The second kappa shape index (κ2) is 14.0. The first-order chi connectivity index (χ1) is 20.1. The Morgan fingerprint density at radius 3 is 2.49 bits per heavy atom. The molecule has 1 fully saturated rings. The molecule has 1 saturated heterocycles. The molecular formula is C35H41F2NO3. The zero-order valence-corrected chi connectivity index (χ0v) is 24.3. The third kappa shape index (κ3) is 6.92. The number of fused-ring (bicyclic) bond motifs is 1. The van der Waals surface area contributed by atoms with Crippen LogP contribution in [0.15, 0.2) is 60.7 Å². The Hall–Kier alpha value is -3.38. The Balaban J connectivity index is 1.51. The van der Waals surface area contributed by atoms with Crippen molar-refractivity contribution in [2.75, 3.05) is 32.9 Å². The number of benzene rings is 3. The topological polar surface area (TPSA) is 30.9 Å². The van der Waals surface area contributed by atoms with Gasteiger partial charge < -0.3 is 9.47 Å². The number of ether oxygens (including phenoxy) is 2. The number of hydrogen-bond donors (Lipinski definition) is 0. The fraction of sp³-hybridized carbons (Fsp3) is 0.429. The summed E-state index contributed by atoms with van der Waals surface area (Å²) in [6.07, 6.45) is 6.20. The molecule has 5 rings (SSSR count). The lowest BCUT2D eigenvalue weighted by molar-refractivity contribution is -0.00629. The number of allylic oxidation sites excluding steroid dienone is 1. The molecule has 0 aromatic heterocycles. The average molecular weight is 562 g/mol. The highest BCUT2D eigenvalue weighted by molar-refractivity contribution is 6.00. The van der Waals surface area contributed by atoms with Crippen LogP contribution >= 0.6 is 0 Å². The summed E-state index contributed by atoms with van der Waals surface area (Å²) in [6, 6.07) is 20.4. The number of aryl methyl sites for hydroxylation is 2. The lowest BCUT2D eigenvalue weighted by Gasteiger charge is -2.19. The number of alkyl halides is 1. The lowest BCUT2D eigenvalue weighted by Crippen LogP contribution is -2.26. The van der Waals surface area contributed by atoms with E-state index in [2.05, 4.69) is 54.0 Å². The molecule has 0 unspecified atom stereocenters. The van der Waals surface area contributed by atoms with E-state index >= 15 is 0 Å². The summed E-state index contributed by atoms with van der Waals surface area (Å²) in [5, 5.41) is 0. The van der Waals surface area contributed by atoms with Gasteiger partial charge in [0.25, 0.3) is 0 Å². The minimum Gasteiger partial charge on any atom is -0.493 e. The quantitative estimate of drug-likeness (QED) is 0.222. The molecule has 41 heavy (non-hydrogen) atoms. The van der Waals surface area contributed by atoms with E-state index in [1.165, 1.54) is 11.1 Å². The minimum atomic E-state index is -0.275. The van der Waals surface area contributed by atoms with Crippen molar-refractivity contribution in [2.24, 2.45) is 0 Å². The van der Waals surface area contributed by atoms with Crippen LogP contribution in [0.2, 0.25) is 0 Å². The van der Waals surface area contributed by atoms with E-state index < -0.39 is 0 Å². The summed E-state index contributed by atoms with van der Waals surface area (Å²) in [4.78, 5) is 6.36. The van der Waals surface area contributed by atoms with Gasteiger partial charge in [0, 0.05) is 24.2 Å². The third-order valence-corrected chi connectivity index (χ3v) is 8.15. The Kier molecular flexibility index (Phi) is 9.94. The molecule has 4 nitrogen and oxygen atoms in total. The summed E-state index contributed by atoms with van der Waals surface area (Å²) in [5.74, 6) is 2.02. The SMILES string of the molecule is CCCOc1cc(C2=C(c3ccc(O[C@H]4CCN(CCCF)C4)cc3)c3ccc(OF)cc3CCC2)ccc1CC. The molecule has 0 amide bonds. The maximum Gasteiger partial charge on any atom is 0.172 e. The maximum atomic E-state index is 13.1. The molecular weight excluding hydrogens is 520 g/mol. The number of rotatable bonds is 12. The average Bonchev–Trinajstić information content (AvgIpc) is 3.37. The molecule has 0 radical (unpaired) electrons. The van der Waals surface area contributed by atoms with Crippen LogP contribution in [0.25, 0.3) is 11.1 Å². The van der Waals surface area contributed by atoms with Crippen molar-refractivity contribution in [2.45, 2.75) is 64.9 Å². The van der Waals surface area contributed by atoms with E-state index in [0.717, 1.165) is 97.5 Å². The molecule has 3 aromatic rings. The zero-order chi connectivity index (χ0) is 28.6. The van der Waals surface area contributed by atoms with Gasteiger partial charge in [0.15, 0.2) is 5.75 Å². The molecule has 0 bridgehead atoms. The molecule has 1 aliphatic heterocycles. The van der Waals surface area contributed by atoms with Crippen LogP contribution in [0.4, 0.5) is 8.92 Å². The Morgan fingerprint density at radius 2 is 1.73 bits per heavy atom. The van der Waals surface area contributed by atoms with Gasteiger partial charge in [-0.05, 0) is 114 Å². The highest BCUT2D eigenvalue weighted by Gasteiger charge is 2.25. The standard InChI is InChI=1S/C35H41F2NO3/c1-3-21-39-34-23-28(10-9-25(34)4-2)32-8-5-7-27-22-30(41-37)15-16-33(27)35(32)26-11-13-29(14-12-26)40-31-17-20-38(24-31)19-6-18-36/h9-16,22-23,31H,3-8,17-21,24H2,1-2H3/t31-/m0/s1. The van der Waals surface area contributed by atoms with Gasteiger partial charge in [-0.25, -0.2) is 0 Å². The van der Waals surface area contributed by atoms with Gasteiger partial charge in [0.1, 0.15) is 17.6 Å². The van der Waals surface area contributed by atoms with Crippen molar-refractivity contribution < 1.29 is 23.3 Å². The second-order valence-electron chi connectivity index (χ2n) is 11.0. The van der Waals surface area contributed by atoms with Crippen LogP contribution in [0.3, 0.4) is 0 Å². The van der Waals surface area contributed by atoms with Gasteiger partial charge >= 0.3 is 0 Å². The van der Waals surface area contributed by atoms with Gasteiger partial charge in [0.05, 0.1) is 13.3 Å². The largest absolute Gasteiger partial charge is 0.493 e. The van der Waals surface area contributed by atoms with Crippen molar-refractivity contribution in [1.82, 2.24) is 4.90 Å². The van der Waals surface area contributed by atoms with Crippen LogP contribution in [0, 0.1) is 0 Å². The molecule has 0 saturated carbocycles. The van der Waals surface area contributed by atoms with Crippen LogP contribution < -0.4 is 14.4 Å². The first-order valence-corrected chi connectivity index (χ1v) is 15.1. The van der Waals surface area contributed by atoms with E-state index in [4.69, 9.17) is 9.47 Å². The molecule has 0 N–H and O–H groups in total. The predicted octanol–water partition coefficient (Wildman–Crippen LogP) is 8.41. The maximum absolute atomic E-state index is 13.1. The van der Waals surface area contributed by atoms with E-state index in [1.54, 1.807) is 6.07 Å². The van der Waals surface area contributed by atoms with Crippen LogP contribution in [0.1, 0.15) is 73.8 Å². The normalized spacial score (nSPS) is 17.3. The number of nitrogens with zero attached hydrogens (tertiary/aromatic N) is 1. The Bertz CT molecular complexity index is 1340. The summed E-state index contributed by atoms with van der Waals surface area (Å²) in [5.41, 5.74) is 8.05. The first-order valence-electron chi connectivity index (χ1n) is 15.1. The fourth-order valence-electron chi connectivity index (χ4n) is 6.08. The molecule has 3 aromatic carbocycles. The van der Waals surface area contributed by atoms with Gasteiger partial charge in [-0.3, -0.25) is 14.2 Å². The monoisotopic (exact) mass is 561 g/mol. The van der Waals surface area contributed by atoms with Crippen LogP contribution in [-0.4, -0.2) is 43.9 Å². The Labute approximate surface area is 242 Å². The minimum absolute atomic E-state index is 0.117. The summed E-state index contributed by atoms with van der Waals surface area (Å²) in [7, 11) is 0. The molecule has 1 heterocycles. The molecule has 6 heteroatoms. The van der Waals surface area contributed by atoms with Crippen molar-refractivity contribution >= 4 is 11.1 Å². The lowest BCUT2D eigenvalue weighted by atomic mass is 9.87. The van der Waals surface area contributed by atoms with Gasteiger partial charge in [-0.1, -0.05) is 44.2 Å². The molecule has 218 valence electrons. The second-order valence-corrected chi connectivity index (χ2v) is 11.0. The number of likely N-dealkylation sites (tertiary alicyclic amines) is 1. The van der Waals surface area contributed by atoms with Crippen LogP contribution in [0.5, 0.6) is 17.2 Å². The van der Waals surface area contributed by atoms with Crippen molar-refractivity contribution in [3.8, 4) is 17.2 Å². The van der Waals surface area contributed by atoms with Crippen LogP contribution in [-0.2, 0) is 12.8 Å². The molecule has 1 aliphatic carbocycles. The molecule has 0 spiro atoms. The Morgan fingerprint density at radius 1 is 0.927 bits per heavy atom. The predicted molar refractivity (Wildman–Crippen MR) is 161 cm³/mol. The summed E-state index contributed by atoms with van der Waals surface area (Å²) < 4.78 is 38.2. The smallest absolute Gasteiger partial charge is 0.172 e. The van der Waals surface area contributed by atoms with E-state index in [1.807, 2.05) is 24.3 Å².